The lowest BCUT2D eigenvalue weighted by Gasteiger charge is -2.03. The Labute approximate surface area is 75.9 Å². The Balaban J connectivity index is 2.94. The van der Waals surface area contributed by atoms with E-state index in [0.717, 1.165) is 0 Å². The van der Waals surface area contributed by atoms with Gasteiger partial charge in [-0.05, 0) is 0 Å². The van der Waals surface area contributed by atoms with Crippen LogP contribution in [-0.2, 0) is 0 Å². The second kappa shape index (κ2) is 3.95. The number of pyridine rings is 1. The van der Waals surface area contributed by atoms with Crippen LogP contribution < -0.4 is 4.74 Å². The first-order chi connectivity index (χ1) is 6.50. The highest BCUT2D eigenvalue weighted by molar-refractivity contribution is 5.85. The lowest BCUT2D eigenvalue weighted by atomic mass is 10.3. The minimum Gasteiger partial charge on any atom is -0.476 e. The number of hydrogen-bond acceptors (Lipinski definition) is 3. The zero-order valence-electron chi connectivity index (χ0n) is 6.58. The average Bonchev–Trinajstić information content (AvgIpc) is 2.01. The van der Waals surface area contributed by atoms with Crippen LogP contribution in [0.15, 0.2) is 12.3 Å². The number of carboxylic acid groups (broad SMARTS) is 1. The molecule has 76 valence electrons. The molecule has 14 heavy (non-hydrogen) atoms. The Morgan fingerprint density at radius 3 is 2.64 bits per heavy atom. The molecule has 1 heterocycles. The molecule has 0 radical (unpaired) electrons. The zero-order valence-corrected chi connectivity index (χ0v) is 6.58. The number of carboxylic acids is 1. The van der Waals surface area contributed by atoms with Crippen LogP contribution in [0.2, 0.25) is 0 Å². The van der Waals surface area contributed by atoms with Crippen molar-refractivity contribution < 1.29 is 27.8 Å². The summed E-state index contributed by atoms with van der Waals surface area (Å²) in [6.07, 6.45) is 0.707. The van der Waals surface area contributed by atoms with Gasteiger partial charge in [0.15, 0.2) is 11.5 Å². The van der Waals surface area contributed by atoms with Crippen molar-refractivity contribution in [2.24, 2.45) is 0 Å². The molecule has 0 aromatic carbocycles. The molecule has 0 aliphatic carbocycles. The minimum atomic E-state index is -3.10. The first-order valence-electron chi connectivity index (χ1n) is 3.34. The number of aromatic carboxylic acids is 1. The van der Waals surface area contributed by atoms with Crippen LogP contribution >= 0.6 is 0 Å². The molecule has 0 spiro atoms. The highest BCUT2D eigenvalue weighted by atomic mass is 19.3. The monoisotopic (exact) mass is 207 g/mol. The summed E-state index contributed by atoms with van der Waals surface area (Å²) < 4.78 is 39.8. The fraction of sp³-hybridized carbons (Fsp3) is 0.143. The van der Waals surface area contributed by atoms with E-state index < -0.39 is 29.8 Å². The van der Waals surface area contributed by atoms with Crippen LogP contribution in [0.5, 0.6) is 5.75 Å². The van der Waals surface area contributed by atoms with Crippen molar-refractivity contribution in [3.63, 3.8) is 0 Å². The molecular formula is C7H4F3NO3. The lowest BCUT2D eigenvalue weighted by molar-refractivity contribution is -0.0502. The van der Waals surface area contributed by atoms with Crippen molar-refractivity contribution in [2.45, 2.75) is 6.61 Å². The predicted molar refractivity (Wildman–Crippen MR) is 37.8 cm³/mol. The molecule has 0 saturated heterocycles. The third-order valence-electron chi connectivity index (χ3n) is 1.24. The summed E-state index contributed by atoms with van der Waals surface area (Å²) in [6.45, 7) is -3.10. The summed E-state index contributed by atoms with van der Waals surface area (Å²) in [5, 5.41) is 8.35. The van der Waals surface area contributed by atoms with Gasteiger partial charge in [-0.15, -0.1) is 0 Å². The molecule has 1 aromatic heterocycles. The van der Waals surface area contributed by atoms with Gasteiger partial charge in [0.2, 0.25) is 0 Å². The van der Waals surface area contributed by atoms with E-state index in [1.165, 1.54) is 0 Å². The van der Waals surface area contributed by atoms with Gasteiger partial charge in [0.25, 0.3) is 0 Å². The van der Waals surface area contributed by atoms with Gasteiger partial charge in [0.1, 0.15) is 5.75 Å². The van der Waals surface area contributed by atoms with E-state index in [1.807, 2.05) is 0 Å². The Morgan fingerprint density at radius 2 is 2.21 bits per heavy atom. The number of alkyl halides is 2. The molecule has 0 fully saturated rings. The van der Waals surface area contributed by atoms with Crippen molar-refractivity contribution in [3.8, 4) is 5.75 Å². The molecule has 4 nitrogen and oxygen atoms in total. The molecular weight excluding hydrogens is 203 g/mol. The average molecular weight is 207 g/mol. The summed E-state index contributed by atoms with van der Waals surface area (Å²) in [7, 11) is 0. The Kier molecular flexibility index (Phi) is 2.90. The summed E-state index contributed by atoms with van der Waals surface area (Å²) in [6, 6.07) is 0.530. The Hall–Kier alpha value is -1.79. The van der Waals surface area contributed by atoms with Crippen molar-refractivity contribution in [3.05, 3.63) is 23.8 Å². The highest BCUT2D eigenvalue weighted by Gasteiger charge is 2.14. The predicted octanol–water partition coefficient (Wildman–Crippen LogP) is 1.52. The molecule has 0 amide bonds. The maximum Gasteiger partial charge on any atom is 0.387 e. The molecule has 0 aliphatic heterocycles. The largest absolute Gasteiger partial charge is 0.476 e. The fourth-order valence-corrected chi connectivity index (χ4v) is 0.745. The van der Waals surface area contributed by atoms with Crippen molar-refractivity contribution in [1.82, 2.24) is 4.98 Å². The van der Waals surface area contributed by atoms with Crippen molar-refractivity contribution in [2.75, 3.05) is 0 Å². The number of hydrogen-bond donors (Lipinski definition) is 1. The summed E-state index contributed by atoms with van der Waals surface area (Å²) in [5.41, 5.74) is -0.841. The van der Waals surface area contributed by atoms with E-state index in [1.54, 1.807) is 0 Å². The molecule has 1 aromatic rings. The summed E-state index contributed by atoms with van der Waals surface area (Å²) >= 11 is 0. The quantitative estimate of drug-likeness (QED) is 0.816. The molecule has 0 aliphatic rings. The normalized spacial score (nSPS) is 10.3. The van der Waals surface area contributed by atoms with E-state index in [9.17, 15) is 18.0 Å². The zero-order chi connectivity index (χ0) is 10.7. The first-order valence-corrected chi connectivity index (χ1v) is 3.34. The van der Waals surface area contributed by atoms with Gasteiger partial charge in [-0.25, -0.2) is 14.2 Å². The van der Waals surface area contributed by atoms with Gasteiger partial charge in [-0.1, -0.05) is 0 Å². The first kappa shape index (κ1) is 10.3. The molecule has 0 bridgehead atoms. The summed E-state index contributed by atoms with van der Waals surface area (Å²) in [4.78, 5) is 13.4. The maximum absolute atomic E-state index is 12.8. The number of carbonyl (C=O) groups is 1. The van der Waals surface area contributed by atoms with Crippen LogP contribution in [-0.4, -0.2) is 22.7 Å². The van der Waals surface area contributed by atoms with E-state index in [2.05, 4.69) is 9.72 Å². The van der Waals surface area contributed by atoms with E-state index >= 15 is 0 Å². The van der Waals surface area contributed by atoms with E-state index in [-0.39, 0.29) is 0 Å². The molecule has 0 saturated carbocycles. The van der Waals surface area contributed by atoms with E-state index in [4.69, 9.17) is 5.11 Å². The third-order valence-corrected chi connectivity index (χ3v) is 1.24. The van der Waals surface area contributed by atoms with Gasteiger partial charge < -0.3 is 9.84 Å². The van der Waals surface area contributed by atoms with Gasteiger partial charge in [-0.2, -0.15) is 8.78 Å². The lowest BCUT2D eigenvalue weighted by Crippen LogP contribution is -2.07. The fourth-order valence-electron chi connectivity index (χ4n) is 0.745. The number of nitrogens with zero attached hydrogens (tertiary/aromatic N) is 1. The molecule has 0 atom stereocenters. The molecule has 1 N–H and O–H groups in total. The number of ether oxygens (including phenoxy) is 1. The number of rotatable bonds is 3. The smallest absolute Gasteiger partial charge is 0.387 e. The van der Waals surface area contributed by atoms with Crippen molar-refractivity contribution in [1.29, 1.82) is 0 Å². The standard InChI is InChI=1S/C7H4F3NO3/c8-4-1-3(14-7(9)10)2-11-5(4)6(12)13/h1-2,7H,(H,12,13). The van der Waals surface area contributed by atoms with Gasteiger partial charge >= 0.3 is 12.6 Å². The SMILES string of the molecule is O=C(O)c1ncc(OC(F)F)cc1F. The molecule has 0 unspecified atom stereocenters. The van der Waals surface area contributed by atoms with E-state index in [0.29, 0.717) is 12.3 Å². The second-order valence-electron chi connectivity index (χ2n) is 2.19. The number of aromatic nitrogens is 1. The van der Waals surface area contributed by atoms with Crippen LogP contribution in [0.1, 0.15) is 10.5 Å². The Bertz CT molecular complexity index is 356. The topological polar surface area (TPSA) is 59.4 Å². The van der Waals surface area contributed by atoms with Crippen LogP contribution in [0.4, 0.5) is 13.2 Å². The molecule has 1 rings (SSSR count). The summed E-state index contributed by atoms with van der Waals surface area (Å²) in [5.74, 6) is -3.33. The van der Waals surface area contributed by atoms with Crippen LogP contribution in [0.3, 0.4) is 0 Å². The third kappa shape index (κ3) is 2.35. The van der Waals surface area contributed by atoms with Gasteiger partial charge in [0, 0.05) is 6.07 Å². The number of halogens is 3. The van der Waals surface area contributed by atoms with Crippen LogP contribution in [0, 0.1) is 5.82 Å². The van der Waals surface area contributed by atoms with Crippen LogP contribution in [0.25, 0.3) is 0 Å². The van der Waals surface area contributed by atoms with Gasteiger partial charge in [-0.3, -0.25) is 0 Å². The highest BCUT2D eigenvalue weighted by Crippen LogP contribution is 2.15. The second-order valence-corrected chi connectivity index (χ2v) is 2.19. The molecule has 7 heteroatoms. The van der Waals surface area contributed by atoms with Gasteiger partial charge in [0.05, 0.1) is 6.20 Å². The Morgan fingerprint density at radius 1 is 1.57 bits per heavy atom. The maximum atomic E-state index is 12.8. The minimum absolute atomic E-state index is 0.525. The van der Waals surface area contributed by atoms with Crippen molar-refractivity contribution >= 4 is 5.97 Å².